The maximum Gasteiger partial charge on any atom is 0.240 e. The summed E-state index contributed by atoms with van der Waals surface area (Å²) in [7, 11) is 0. The Morgan fingerprint density at radius 1 is 1.44 bits per heavy atom. The van der Waals surface area contributed by atoms with Gasteiger partial charge in [0.25, 0.3) is 0 Å². The zero-order valence-electron chi connectivity index (χ0n) is 9.90. The van der Waals surface area contributed by atoms with E-state index in [1.54, 1.807) is 0 Å². The summed E-state index contributed by atoms with van der Waals surface area (Å²) in [5, 5.41) is 8.06. The van der Waals surface area contributed by atoms with E-state index in [0.29, 0.717) is 24.3 Å². The van der Waals surface area contributed by atoms with Gasteiger partial charge < -0.3 is 9.84 Å². The third-order valence-corrected chi connectivity index (χ3v) is 4.26. The van der Waals surface area contributed by atoms with E-state index in [4.69, 9.17) is 4.52 Å². The molecule has 0 aliphatic heterocycles. The Labute approximate surface area is 101 Å². The minimum Gasteiger partial charge on any atom is -0.338 e. The molecule has 0 radical (unpaired) electrons. The number of aryl methyl sites for hydroxylation is 1. The summed E-state index contributed by atoms with van der Waals surface area (Å²) in [5.41, 5.74) is 0. The molecule has 1 N–H and O–H groups in total. The quantitative estimate of drug-likeness (QED) is 0.875. The zero-order valence-corrected chi connectivity index (χ0v) is 10.7. The first-order chi connectivity index (χ1) is 7.79. The summed E-state index contributed by atoms with van der Waals surface area (Å²) in [6, 6.07) is 0.593. The van der Waals surface area contributed by atoms with Crippen molar-refractivity contribution in [2.24, 2.45) is 0 Å². The molecular formula is C11H19N3OS. The van der Waals surface area contributed by atoms with Crippen molar-refractivity contribution in [2.75, 3.05) is 6.26 Å². The first-order valence-corrected chi connectivity index (χ1v) is 7.13. The van der Waals surface area contributed by atoms with E-state index in [-0.39, 0.29) is 0 Å². The molecule has 5 heteroatoms. The molecule has 4 nitrogen and oxygen atoms in total. The highest BCUT2D eigenvalue weighted by atomic mass is 32.2. The molecule has 90 valence electrons. The number of hydrogen-bond donors (Lipinski definition) is 1. The molecule has 1 heterocycles. The van der Waals surface area contributed by atoms with Gasteiger partial charge in [-0.3, -0.25) is 0 Å². The lowest BCUT2D eigenvalue weighted by atomic mass is 9.95. The van der Waals surface area contributed by atoms with Crippen LogP contribution >= 0.6 is 11.8 Å². The lowest BCUT2D eigenvalue weighted by molar-refractivity contribution is 0.331. The number of rotatable bonds is 4. The van der Waals surface area contributed by atoms with E-state index >= 15 is 0 Å². The summed E-state index contributed by atoms with van der Waals surface area (Å²) in [6.07, 6.45) is 7.47. The second-order valence-electron chi connectivity index (χ2n) is 4.28. The van der Waals surface area contributed by atoms with Gasteiger partial charge in [0.1, 0.15) is 0 Å². The Kier molecular flexibility index (Phi) is 4.23. The fourth-order valence-corrected chi connectivity index (χ4v) is 3.21. The molecule has 0 bridgehead atoms. The van der Waals surface area contributed by atoms with Gasteiger partial charge in [0.05, 0.1) is 6.54 Å². The summed E-state index contributed by atoms with van der Waals surface area (Å²) in [4.78, 5) is 4.20. The third-order valence-electron chi connectivity index (χ3n) is 3.09. The van der Waals surface area contributed by atoms with Gasteiger partial charge >= 0.3 is 0 Å². The first kappa shape index (κ1) is 11.9. The van der Waals surface area contributed by atoms with Gasteiger partial charge in [0.15, 0.2) is 5.82 Å². The van der Waals surface area contributed by atoms with Crippen molar-refractivity contribution in [2.45, 2.75) is 50.4 Å². The summed E-state index contributed by atoms with van der Waals surface area (Å²) in [6.45, 7) is 2.54. The normalized spacial score (nSPS) is 25.9. The van der Waals surface area contributed by atoms with Crippen molar-refractivity contribution in [1.29, 1.82) is 0 Å². The number of nitrogens with zero attached hydrogens (tertiary/aromatic N) is 2. The minimum atomic E-state index is 0.593. The second kappa shape index (κ2) is 5.68. The van der Waals surface area contributed by atoms with Gasteiger partial charge in [-0.15, -0.1) is 0 Å². The van der Waals surface area contributed by atoms with Gasteiger partial charge in [-0.25, -0.2) is 0 Å². The van der Waals surface area contributed by atoms with Crippen molar-refractivity contribution >= 4 is 11.8 Å². The van der Waals surface area contributed by atoms with Crippen LogP contribution in [0.15, 0.2) is 4.52 Å². The van der Waals surface area contributed by atoms with Crippen LogP contribution in [-0.2, 0) is 6.54 Å². The molecule has 0 saturated heterocycles. The molecule has 1 aromatic heterocycles. The minimum absolute atomic E-state index is 0.593. The van der Waals surface area contributed by atoms with E-state index in [0.717, 1.165) is 5.25 Å². The van der Waals surface area contributed by atoms with Gasteiger partial charge in [0, 0.05) is 11.3 Å². The average molecular weight is 241 g/mol. The Bertz CT molecular complexity index is 329. The maximum atomic E-state index is 5.09. The Balaban J connectivity index is 1.84. The zero-order chi connectivity index (χ0) is 11.4. The van der Waals surface area contributed by atoms with E-state index in [1.165, 1.54) is 25.7 Å². The maximum absolute atomic E-state index is 5.09. The van der Waals surface area contributed by atoms with Crippen molar-refractivity contribution in [3.63, 3.8) is 0 Å². The van der Waals surface area contributed by atoms with Crippen molar-refractivity contribution in [3.8, 4) is 0 Å². The predicted molar refractivity (Wildman–Crippen MR) is 65.4 cm³/mol. The van der Waals surface area contributed by atoms with Crippen LogP contribution in [0, 0.1) is 6.92 Å². The van der Waals surface area contributed by atoms with Crippen LogP contribution in [-0.4, -0.2) is 27.7 Å². The molecule has 1 fully saturated rings. The smallest absolute Gasteiger partial charge is 0.240 e. The average Bonchev–Trinajstić information content (AvgIpc) is 2.73. The standard InChI is InChI=1S/C11H19N3OS/c1-8-13-11(15-14-8)7-12-9-5-3-4-6-10(9)16-2/h9-10,12H,3-7H2,1-2H3. The van der Waals surface area contributed by atoms with Crippen LogP contribution in [0.5, 0.6) is 0 Å². The van der Waals surface area contributed by atoms with Crippen LogP contribution in [0.3, 0.4) is 0 Å². The fourth-order valence-electron chi connectivity index (χ4n) is 2.24. The molecule has 1 aliphatic carbocycles. The largest absolute Gasteiger partial charge is 0.338 e. The van der Waals surface area contributed by atoms with E-state index < -0.39 is 0 Å². The summed E-state index contributed by atoms with van der Waals surface area (Å²) in [5.74, 6) is 1.41. The highest BCUT2D eigenvalue weighted by molar-refractivity contribution is 7.99. The lowest BCUT2D eigenvalue weighted by Crippen LogP contribution is -2.40. The van der Waals surface area contributed by atoms with E-state index in [2.05, 4.69) is 21.7 Å². The Morgan fingerprint density at radius 2 is 2.25 bits per heavy atom. The topological polar surface area (TPSA) is 51.0 Å². The molecule has 1 saturated carbocycles. The lowest BCUT2D eigenvalue weighted by Gasteiger charge is -2.30. The van der Waals surface area contributed by atoms with Gasteiger partial charge in [-0.1, -0.05) is 18.0 Å². The van der Waals surface area contributed by atoms with Crippen LogP contribution in [0.1, 0.15) is 37.4 Å². The molecule has 2 unspecified atom stereocenters. The number of nitrogens with one attached hydrogen (secondary N) is 1. The van der Waals surface area contributed by atoms with Crippen molar-refractivity contribution in [3.05, 3.63) is 11.7 Å². The van der Waals surface area contributed by atoms with E-state index in [1.807, 2.05) is 18.7 Å². The highest BCUT2D eigenvalue weighted by Crippen LogP contribution is 2.27. The SMILES string of the molecule is CSC1CCCCC1NCc1nc(C)no1. The highest BCUT2D eigenvalue weighted by Gasteiger charge is 2.24. The molecule has 0 spiro atoms. The van der Waals surface area contributed by atoms with Gasteiger partial charge in [-0.05, 0) is 26.0 Å². The molecule has 1 aliphatic rings. The fraction of sp³-hybridized carbons (Fsp3) is 0.818. The third kappa shape index (κ3) is 2.98. The van der Waals surface area contributed by atoms with Crippen molar-refractivity contribution < 1.29 is 4.52 Å². The monoisotopic (exact) mass is 241 g/mol. The van der Waals surface area contributed by atoms with Crippen LogP contribution in [0.4, 0.5) is 0 Å². The summed E-state index contributed by atoms with van der Waals surface area (Å²) >= 11 is 1.97. The Morgan fingerprint density at radius 3 is 2.94 bits per heavy atom. The number of thioether (sulfide) groups is 1. The number of aromatic nitrogens is 2. The second-order valence-corrected chi connectivity index (χ2v) is 5.36. The first-order valence-electron chi connectivity index (χ1n) is 5.85. The molecule has 2 rings (SSSR count). The van der Waals surface area contributed by atoms with E-state index in [9.17, 15) is 0 Å². The van der Waals surface area contributed by atoms with Crippen LogP contribution in [0.25, 0.3) is 0 Å². The van der Waals surface area contributed by atoms with Crippen LogP contribution < -0.4 is 5.32 Å². The molecule has 16 heavy (non-hydrogen) atoms. The molecule has 1 aromatic rings. The molecule has 0 aromatic carbocycles. The predicted octanol–water partition coefficient (Wildman–Crippen LogP) is 2.14. The Hall–Kier alpha value is -0.550. The van der Waals surface area contributed by atoms with Gasteiger partial charge in [-0.2, -0.15) is 16.7 Å². The van der Waals surface area contributed by atoms with Crippen molar-refractivity contribution in [1.82, 2.24) is 15.5 Å². The molecule has 0 amide bonds. The summed E-state index contributed by atoms with van der Waals surface area (Å²) < 4.78 is 5.09. The van der Waals surface area contributed by atoms with Crippen LogP contribution in [0.2, 0.25) is 0 Å². The molecule has 2 atom stereocenters. The van der Waals surface area contributed by atoms with Gasteiger partial charge in [0.2, 0.25) is 5.89 Å². The number of hydrogen-bond acceptors (Lipinski definition) is 5. The molecular weight excluding hydrogens is 222 g/mol.